The summed E-state index contributed by atoms with van der Waals surface area (Å²) in [5.74, 6) is -2.29. The Morgan fingerprint density at radius 3 is 2.53 bits per heavy atom. The summed E-state index contributed by atoms with van der Waals surface area (Å²) in [4.78, 5) is 11.8. The lowest BCUT2D eigenvalue weighted by molar-refractivity contribution is 0.0906. The van der Waals surface area contributed by atoms with Crippen molar-refractivity contribution < 1.29 is 13.6 Å². The van der Waals surface area contributed by atoms with Crippen molar-refractivity contribution in [2.24, 2.45) is 0 Å². The minimum atomic E-state index is -0.893. The smallest absolute Gasteiger partial charge is 0.254 e. The fraction of sp³-hybridized carbons (Fsp3) is 0.417. The Hall–Kier alpha value is -1.65. The Labute approximate surface area is 99.0 Å². The van der Waals surface area contributed by atoms with Gasteiger partial charge in [0.15, 0.2) is 5.82 Å². The van der Waals surface area contributed by atoms with Crippen molar-refractivity contribution in [3.8, 4) is 0 Å². The molecule has 0 aliphatic heterocycles. The molecular weight excluding hydrogens is 226 g/mol. The van der Waals surface area contributed by atoms with E-state index in [1.165, 1.54) is 0 Å². The van der Waals surface area contributed by atoms with Gasteiger partial charge in [-0.1, -0.05) is 6.92 Å². The van der Waals surface area contributed by atoms with Gasteiger partial charge < -0.3 is 11.1 Å². The number of halogens is 2. The summed E-state index contributed by atoms with van der Waals surface area (Å²) in [5, 5.41) is 2.62. The van der Waals surface area contributed by atoms with Crippen molar-refractivity contribution in [2.45, 2.75) is 32.7 Å². The van der Waals surface area contributed by atoms with Crippen LogP contribution in [0.25, 0.3) is 0 Å². The number of nitrogens with one attached hydrogen (secondary N) is 1. The highest BCUT2D eigenvalue weighted by atomic mass is 19.1. The predicted octanol–water partition coefficient (Wildman–Crippen LogP) is 2.47. The second-order valence-electron chi connectivity index (χ2n) is 4.55. The standard InChI is InChI=1S/C12H16F2N2O/c1-4-12(2,3)16-11(17)8-5-7(13)6-9(15)10(8)14/h5-6H,4,15H2,1-3H3,(H,16,17). The fourth-order valence-electron chi connectivity index (χ4n) is 1.24. The Balaban J connectivity index is 3.05. The second kappa shape index (κ2) is 4.69. The monoisotopic (exact) mass is 242 g/mol. The predicted molar refractivity (Wildman–Crippen MR) is 62.6 cm³/mol. The van der Waals surface area contributed by atoms with Crippen LogP contribution in [0.2, 0.25) is 0 Å². The lowest BCUT2D eigenvalue weighted by Crippen LogP contribution is -2.43. The Morgan fingerprint density at radius 2 is 2.00 bits per heavy atom. The van der Waals surface area contributed by atoms with Gasteiger partial charge >= 0.3 is 0 Å². The van der Waals surface area contributed by atoms with Crippen LogP contribution in [0.3, 0.4) is 0 Å². The van der Waals surface area contributed by atoms with Crippen molar-refractivity contribution >= 4 is 11.6 Å². The van der Waals surface area contributed by atoms with E-state index in [4.69, 9.17) is 5.73 Å². The highest BCUT2D eigenvalue weighted by molar-refractivity contribution is 5.95. The maximum absolute atomic E-state index is 13.6. The van der Waals surface area contributed by atoms with E-state index in [2.05, 4.69) is 5.32 Å². The molecule has 0 aliphatic rings. The maximum Gasteiger partial charge on any atom is 0.254 e. The number of amides is 1. The highest BCUT2D eigenvalue weighted by Crippen LogP contribution is 2.18. The van der Waals surface area contributed by atoms with Crippen LogP contribution in [-0.4, -0.2) is 11.4 Å². The van der Waals surface area contributed by atoms with Gasteiger partial charge in [-0.2, -0.15) is 0 Å². The summed E-state index contributed by atoms with van der Waals surface area (Å²) in [6, 6.07) is 1.68. The quantitative estimate of drug-likeness (QED) is 0.800. The summed E-state index contributed by atoms with van der Waals surface area (Å²) in [6.45, 7) is 5.48. The van der Waals surface area contributed by atoms with Crippen LogP contribution >= 0.6 is 0 Å². The van der Waals surface area contributed by atoms with Gasteiger partial charge in [-0.15, -0.1) is 0 Å². The van der Waals surface area contributed by atoms with Gasteiger partial charge in [0.05, 0.1) is 11.3 Å². The largest absolute Gasteiger partial charge is 0.396 e. The fourth-order valence-corrected chi connectivity index (χ4v) is 1.24. The number of carbonyl (C=O) groups excluding carboxylic acids is 1. The number of nitrogen functional groups attached to an aromatic ring is 1. The van der Waals surface area contributed by atoms with Crippen molar-refractivity contribution in [2.75, 3.05) is 5.73 Å². The molecule has 0 unspecified atom stereocenters. The lowest BCUT2D eigenvalue weighted by atomic mass is 10.0. The van der Waals surface area contributed by atoms with Gasteiger partial charge in [-0.05, 0) is 32.4 Å². The number of benzene rings is 1. The van der Waals surface area contributed by atoms with Crippen molar-refractivity contribution in [3.63, 3.8) is 0 Å². The third kappa shape index (κ3) is 3.15. The first-order valence-corrected chi connectivity index (χ1v) is 5.34. The molecule has 0 fully saturated rings. The molecule has 1 aromatic carbocycles. The van der Waals surface area contributed by atoms with Gasteiger partial charge in [0.2, 0.25) is 0 Å². The molecular formula is C12H16F2N2O. The van der Waals surface area contributed by atoms with Crippen LogP contribution in [0.4, 0.5) is 14.5 Å². The summed E-state index contributed by atoms with van der Waals surface area (Å²) in [6.07, 6.45) is 0.672. The van der Waals surface area contributed by atoms with E-state index in [1.807, 2.05) is 6.92 Å². The molecule has 3 nitrogen and oxygen atoms in total. The Kier molecular flexibility index (Phi) is 3.70. The normalized spacial score (nSPS) is 11.4. The van der Waals surface area contributed by atoms with Crippen molar-refractivity contribution in [3.05, 3.63) is 29.3 Å². The Morgan fingerprint density at radius 1 is 1.41 bits per heavy atom. The molecule has 0 bridgehead atoms. The van der Waals surface area contributed by atoms with E-state index in [0.717, 1.165) is 12.1 Å². The van der Waals surface area contributed by atoms with Gasteiger partial charge in [-0.3, -0.25) is 4.79 Å². The minimum absolute atomic E-state index is 0.371. The minimum Gasteiger partial charge on any atom is -0.396 e. The van der Waals surface area contributed by atoms with E-state index < -0.39 is 23.1 Å². The lowest BCUT2D eigenvalue weighted by Gasteiger charge is -2.24. The van der Waals surface area contributed by atoms with E-state index in [0.29, 0.717) is 6.42 Å². The zero-order valence-corrected chi connectivity index (χ0v) is 10.1. The highest BCUT2D eigenvalue weighted by Gasteiger charge is 2.22. The molecule has 0 spiro atoms. The summed E-state index contributed by atoms with van der Waals surface area (Å²) < 4.78 is 26.6. The summed E-state index contributed by atoms with van der Waals surface area (Å²) in [7, 11) is 0. The molecule has 1 rings (SSSR count). The first-order chi connectivity index (χ1) is 7.76. The molecule has 0 aromatic heterocycles. The molecule has 1 amide bonds. The average molecular weight is 242 g/mol. The van der Waals surface area contributed by atoms with E-state index in [9.17, 15) is 13.6 Å². The molecule has 17 heavy (non-hydrogen) atoms. The van der Waals surface area contributed by atoms with Crippen molar-refractivity contribution in [1.82, 2.24) is 5.32 Å². The third-order valence-electron chi connectivity index (χ3n) is 2.65. The number of hydrogen-bond acceptors (Lipinski definition) is 2. The molecule has 0 radical (unpaired) electrons. The van der Waals surface area contributed by atoms with Crippen LogP contribution in [0.15, 0.2) is 12.1 Å². The van der Waals surface area contributed by atoms with Gasteiger partial charge in [0.1, 0.15) is 5.82 Å². The van der Waals surface area contributed by atoms with Gasteiger partial charge in [0, 0.05) is 5.54 Å². The SMILES string of the molecule is CCC(C)(C)NC(=O)c1cc(F)cc(N)c1F. The first-order valence-electron chi connectivity index (χ1n) is 5.34. The third-order valence-corrected chi connectivity index (χ3v) is 2.65. The van der Waals surface area contributed by atoms with E-state index >= 15 is 0 Å². The summed E-state index contributed by atoms with van der Waals surface area (Å²) >= 11 is 0. The summed E-state index contributed by atoms with van der Waals surface area (Å²) in [5.41, 5.74) is 4.04. The van der Waals surface area contributed by atoms with Crippen LogP contribution in [0, 0.1) is 11.6 Å². The van der Waals surface area contributed by atoms with Crippen LogP contribution in [0.5, 0.6) is 0 Å². The maximum atomic E-state index is 13.6. The van der Waals surface area contributed by atoms with Crippen molar-refractivity contribution in [1.29, 1.82) is 0 Å². The van der Waals surface area contributed by atoms with Crippen LogP contribution < -0.4 is 11.1 Å². The van der Waals surface area contributed by atoms with Crippen LogP contribution in [0.1, 0.15) is 37.6 Å². The number of nitrogens with two attached hydrogens (primary N) is 1. The molecule has 5 heteroatoms. The van der Waals surface area contributed by atoms with E-state index in [1.54, 1.807) is 13.8 Å². The molecule has 3 N–H and O–H groups in total. The second-order valence-corrected chi connectivity index (χ2v) is 4.55. The zero-order chi connectivity index (χ0) is 13.2. The zero-order valence-electron chi connectivity index (χ0n) is 10.1. The molecule has 0 heterocycles. The Bertz CT molecular complexity index is 444. The average Bonchev–Trinajstić information content (AvgIpc) is 2.22. The van der Waals surface area contributed by atoms with E-state index in [-0.39, 0.29) is 11.3 Å². The van der Waals surface area contributed by atoms with Crippen LogP contribution in [-0.2, 0) is 0 Å². The molecule has 0 saturated heterocycles. The topological polar surface area (TPSA) is 55.1 Å². The molecule has 0 atom stereocenters. The number of anilines is 1. The number of hydrogen-bond donors (Lipinski definition) is 2. The van der Waals surface area contributed by atoms with Gasteiger partial charge in [-0.25, -0.2) is 8.78 Å². The molecule has 94 valence electrons. The van der Waals surface area contributed by atoms with Gasteiger partial charge in [0.25, 0.3) is 5.91 Å². The first kappa shape index (κ1) is 13.4. The number of rotatable bonds is 3. The molecule has 0 aliphatic carbocycles. The number of carbonyl (C=O) groups is 1. The molecule has 0 saturated carbocycles. The molecule has 1 aromatic rings.